The van der Waals surface area contributed by atoms with Crippen LogP contribution in [0, 0.1) is 0 Å². The number of imide groups is 1. The molecule has 41 heavy (non-hydrogen) atoms. The fraction of sp³-hybridized carbons (Fsp3) is 0.179. The molecule has 0 unspecified atom stereocenters. The van der Waals surface area contributed by atoms with Crippen molar-refractivity contribution in [2.45, 2.75) is 13.5 Å². The van der Waals surface area contributed by atoms with Crippen LogP contribution in [0.15, 0.2) is 57.9 Å². The normalized spacial score (nSPS) is 14.0. The Morgan fingerprint density at radius 2 is 1.80 bits per heavy atom. The Bertz CT molecular complexity index is 1550. The third-order valence-corrected chi connectivity index (χ3v) is 8.01. The molecular weight excluding hydrogens is 679 g/mol. The lowest BCUT2D eigenvalue weighted by molar-refractivity contribution is -0.127. The Hall–Kier alpha value is -2.89. The molecule has 0 saturated carbocycles. The number of thioether (sulfide) groups is 1. The minimum Gasteiger partial charge on any atom is -0.495 e. The van der Waals surface area contributed by atoms with Gasteiger partial charge in [-0.25, -0.2) is 0 Å². The van der Waals surface area contributed by atoms with Crippen molar-refractivity contribution < 1.29 is 28.6 Å². The molecule has 1 heterocycles. The average Bonchev–Trinajstić information content (AvgIpc) is 3.16. The van der Waals surface area contributed by atoms with E-state index in [0.717, 1.165) is 22.2 Å². The van der Waals surface area contributed by atoms with Crippen LogP contribution in [0.4, 0.5) is 10.5 Å². The number of halogens is 4. The number of nitrogens with one attached hydrogen (secondary N) is 1. The van der Waals surface area contributed by atoms with E-state index in [-0.39, 0.29) is 11.5 Å². The molecule has 0 spiro atoms. The van der Waals surface area contributed by atoms with Crippen LogP contribution in [-0.2, 0) is 16.2 Å². The Labute approximate surface area is 264 Å². The summed E-state index contributed by atoms with van der Waals surface area (Å²) in [7, 11) is 1.48. The number of rotatable bonds is 10. The summed E-state index contributed by atoms with van der Waals surface area (Å²) in [6, 6.07) is 13.3. The lowest BCUT2D eigenvalue weighted by atomic mass is 10.1. The molecule has 1 N–H and O–H groups in total. The Balaban J connectivity index is 1.48. The molecule has 4 rings (SSSR count). The molecule has 1 aliphatic rings. The third kappa shape index (κ3) is 7.69. The van der Waals surface area contributed by atoms with Crippen molar-refractivity contribution in [2.75, 3.05) is 25.6 Å². The van der Waals surface area contributed by atoms with E-state index < -0.39 is 23.6 Å². The Morgan fingerprint density at radius 1 is 1.02 bits per heavy atom. The monoisotopic (exact) mass is 698 g/mol. The minimum atomic E-state index is -0.588. The van der Waals surface area contributed by atoms with Crippen molar-refractivity contribution in [1.29, 1.82) is 0 Å². The highest BCUT2D eigenvalue weighted by Gasteiger charge is 2.36. The Kier molecular flexibility index (Phi) is 10.5. The highest BCUT2D eigenvalue weighted by atomic mass is 79.9. The standard InChI is InChI=1S/C28H22BrCl3N2O6S/c1-3-39-23-9-15(8-19(29)26(23)40-14-16-4-5-17(30)11-20(16)31)10-24-27(36)34(28(37)41-24)13-25(35)33-18-6-7-22(38-2)21(32)12-18/h4-12H,3,13-14H2,1-2H3,(H,33,35)/b24-10-. The molecule has 1 aliphatic heterocycles. The van der Waals surface area contributed by atoms with Crippen molar-refractivity contribution in [3.8, 4) is 17.2 Å². The van der Waals surface area contributed by atoms with Crippen molar-refractivity contribution in [3.63, 3.8) is 0 Å². The molecule has 0 radical (unpaired) electrons. The maximum atomic E-state index is 13.0. The van der Waals surface area contributed by atoms with Gasteiger partial charge in [0.25, 0.3) is 11.1 Å². The molecule has 3 aromatic rings. The Morgan fingerprint density at radius 3 is 2.49 bits per heavy atom. The summed E-state index contributed by atoms with van der Waals surface area (Å²) >= 11 is 22.6. The summed E-state index contributed by atoms with van der Waals surface area (Å²) in [5.41, 5.74) is 1.72. The molecule has 1 fully saturated rings. The molecule has 1 saturated heterocycles. The number of amides is 3. The SMILES string of the molecule is CCOc1cc(/C=C2\SC(=O)N(CC(=O)Nc3ccc(OC)c(Cl)c3)C2=O)cc(Br)c1OCc1ccc(Cl)cc1Cl. The summed E-state index contributed by atoms with van der Waals surface area (Å²) in [5.74, 6) is 0.173. The van der Waals surface area contributed by atoms with Gasteiger partial charge in [0, 0.05) is 21.3 Å². The first kappa shape index (κ1) is 31.1. The van der Waals surface area contributed by atoms with E-state index in [2.05, 4.69) is 21.2 Å². The van der Waals surface area contributed by atoms with Crippen LogP contribution in [0.3, 0.4) is 0 Å². The van der Waals surface area contributed by atoms with Crippen molar-refractivity contribution in [1.82, 2.24) is 4.90 Å². The smallest absolute Gasteiger partial charge is 0.294 e. The van der Waals surface area contributed by atoms with Gasteiger partial charge in [0.1, 0.15) is 18.9 Å². The number of nitrogens with zero attached hydrogens (tertiary/aromatic N) is 1. The number of anilines is 1. The summed E-state index contributed by atoms with van der Waals surface area (Å²) in [5, 5.41) is 3.36. The summed E-state index contributed by atoms with van der Waals surface area (Å²) in [6.07, 6.45) is 1.55. The van der Waals surface area contributed by atoms with Gasteiger partial charge in [-0.05, 0) is 88.7 Å². The van der Waals surface area contributed by atoms with Crippen LogP contribution in [0.25, 0.3) is 6.08 Å². The first-order valence-electron chi connectivity index (χ1n) is 12.0. The second kappa shape index (κ2) is 13.8. The number of methoxy groups -OCH3 is 1. The van der Waals surface area contributed by atoms with Gasteiger partial charge in [-0.3, -0.25) is 19.3 Å². The zero-order valence-electron chi connectivity index (χ0n) is 21.6. The van der Waals surface area contributed by atoms with Gasteiger partial charge in [-0.2, -0.15) is 0 Å². The summed E-state index contributed by atoms with van der Waals surface area (Å²) in [6.45, 7) is 1.90. The molecule has 0 bridgehead atoms. The number of hydrogen-bond donors (Lipinski definition) is 1. The zero-order chi connectivity index (χ0) is 29.7. The lowest BCUT2D eigenvalue weighted by Gasteiger charge is -2.15. The van der Waals surface area contributed by atoms with Crippen molar-refractivity contribution >= 4 is 91.3 Å². The lowest BCUT2D eigenvalue weighted by Crippen LogP contribution is -2.36. The first-order valence-corrected chi connectivity index (χ1v) is 14.8. The molecular formula is C28H22BrCl3N2O6S. The van der Waals surface area contributed by atoms with Crippen LogP contribution in [0.5, 0.6) is 17.2 Å². The quantitative estimate of drug-likeness (QED) is 0.214. The van der Waals surface area contributed by atoms with Crippen LogP contribution in [0.2, 0.25) is 15.1 Å². The van der Waals surface area contributed by atoms with Gasteiger partial charge in [0.2, 0.25) is 5.91 Å². The van der Waals surface area contributed by atoms with Gasteiger partial charge in [0.15, 0.2) is 11.5 Å². The molecule has 0 atom stereocenters. The summed E-state index contributed by atoms with van der Waals surface area (Å²) < 4.78 is 17.5. The highest BCUT2D eigenvalue weighted by molar-refractivity contribution is 9.10. The number of carbonyl (C=O) groups excluding carboxylic acids is 3. The zero-order valence-corrected chi connectivity index (χ0v) is 26.3. The van der Waals surface area contributed by atoms with Gasteiger partial charge < -0.3 is 19.5 Å². The number of ether oxygens (including phenoxy) is 3. The summed E-state index contributed by atoms with van der Waals surface area (Å²) in [4.78, 5) is 39.3. The van der Waals surface area contributed by atoms with Crippen molar-refractivity contribution in [3.05, 3.63) is 84.1 Å². The van der Waals surface area contributed by atoms with E-state index in [0.29, 0.717) is 54.6 Å². The topological polar surface area (TPSA) is 94.2 Å². The molecule has 13 heteroatoms. The fourth-order valence-electron chi connectivity index (χ4n) is 3.74. The number of benzene rings is 3. The van der Waals surface area contributed by atoms with Gasteiger partial charge >= 0.3 is 0 Å². The van der Waals surface area contributed by atoms with Gasteiger partial charge in [-0.1, -0.05) is 40.9 Å². The minimum absolute atomic E-state index is 0.159. The largest absolute Gasteiger partial charge is 0.495 e. The van der Waals surface area contributed by atoms with E-state index >= 15 is 0 Å². The van der Waals surface area contributed by atoms with Crippen LogP contribution < -0.4 is 19.5 Å². The van der Waals surface area contributed by atoms with Crippen LogP contribution in [0.1, 0.15) is 18.1 Å². The van der Waals surface area contributed by atoms with E-state index in [9.17, 15) is 14.4 Å². The molecule has 3 amide bonds. The molecule has 3 aromatic carbocycles. The molecule has 8 nitrogen and oxygen atoms in total. The second-order valence-corrected chi connectivity index (χ2v) is 11.6. The van der Waals surface area contributed by atoms with Crippen molar-refractivity contribution in [2.24, 2.45) is 0 Å². The average molecular weight is 701 g/mol. The predicted molar refractivity (Wildman–Crippen MR) is 165 cm³/mol. The molecule has 0 aromatic heterocycles. The van der Waals surface area contributed by atoms with Crippen LogP contribution in [-0.4, -0.2) is 42.2 Å². The van der Waals surface area contributed by atoms with Gasteiger partial charge in [0.05, 0.1) is 28.1 Å². The fourth-order valence-corrected chi connectivity index (χ4v) is 5.87. The van der Waals surface area contributed by atoms with E-state index in [1.54, 1.807) is 48.5 Å². The third-order valence-electron chi connectivity index (χ3n) is 5.63. The molecule has 0 aliphatic carbocycles. The van der Waals surface area contributed by atoms with E-state index in [1.165, 1.54) is 13.2 Å². The van der Waals surface area contributed by atoms with Crippen LogP contribution >= 0.6 is 62.5 Å². The highest BCUT2D eigenvalue weighted by Crippen LogP contribution is 2.40. The maximum absolute atomic E-state index is 13.0. The maximum Gasteiger partial charge on any atom is 0.294 e. The number of carbonyl (C=O) groups is 3. The number of hydrogen-bond acceptors (Lipinski definition) is 7. The second-order valence-electron chi connectivity index (χ2n) is 8.45. The molecule has 214 valence electrons. The first-order chi connectivity index (χ1) is 19.6. The van der Waals surface area contributed by atoms with E-state index in [4.69, 9.17) is 49.0 Å². The van der Waals surface area contributed by atoms with E-state index in [1.807, 2.05) is 6.92 Å². The predicted octanol–water partition coefficient (Wildman–Crippen LogP) is 8.07. The van der Waals surface area contributed by atoms with Gasteiger partial charge in [-0.15, -0.1) is 0 Å².